The van der Waals surface area contributed by atoms with Gasteiger partial charge in [0.1, 0.15) is 24.3 Å². The molecule has 44 heavy (non-hydrogen) atoms. The van der Waals surface area contributed by atoms with E-state index in [0.717, 1.165) is 42.7 Å². The zero-order valence-electron chi connectivity index (χ0n) is 27.0. The van der Waals surface area contributed by atoms with Gasteiger partial charge >= 0.3 is 0 Å². The molecule has 2 aliphatic carbocycles. The Morgan fingerprint density at radius 2 is 1.77 bits per heavy atom. The van der Waals surface area contributed by atoms with E-state index in [1.54, 1.807) is 33.8 Å². The van der Waals surface area contributed by atoms with Crippen LogP contribution in [0.25, 0.3) is 11.1 Å². The highest BCUT2D eigenvalue weighted by Gasteiger charge is 2.48. The second-order valence-electron chi connectivity index (χ2n) is 13.5. The van der Waals surface area contributed by atoms with Crippen LogP contribution < -0.4 is 10.6 Å². The van der Waals surface area contributed by atoms with Gasteiger partial charge in [-0.1, -0.05) is 0 Å². The van der Waals surface area contributed by atoms with Crippen molar-refractivity contribution in [2.45, 2.75) is 72.2 Å². The van der Waals surface area contributed by atoms with Crippen molar-refractivity contribution in [1.82, 2.24) is 24.9 Å². The minimum Gasteiger partial charge on any atom is -0.358 e. The Labute approximate surface area is 261 Å². The number of aryl methyl sites for hydroxylation is 1. The average Bonchev–Trinajstić information content (AvgIpc) is 3.88. The first-order chi connectivity index (χ1) is 20.8. The third kappa shape index (κ3) is 7.54. The Hall–Kier alpha value is -3.18. The molecule has 0 radical (unpaired) electrons. The summed E-state index contributed by atoms with van der Waals surface area (Å²) in [4.78, 5) is 27.2. The molecule has 2 heterocycles. The number of benzene rings is 1. The van der Waals surface area contributed by atoms with Gasteiger partial charge in [-0.15, -0.1) is 0 Å². The number of carbonyl (C=O) groups is 2. The molecule has 2 aromatic heterocycles. The van der Waals surface area contributed by atoms with E-state index < -0.39 is 21.9 Å². The van der Waals surface area contributed by atoms with Crippen molar-refractivity contribution in [3.05, 3.63) is 53.4 Å². The Kier molecular flexibility index (Phi) is 9.55. The van der Waals surface area contributed by atoms with Gasteiger partial charge in [0.15, 0.2) is 0 Å². The molecular weight excluding hydrogens is 579 g/mol. The number of halogens is 1. The van der Waals surface area contributed by atoms with Crippen LogP contribution in [0.15, 0.2) is 30.5 Å². The highest BCUT2D eigenvalue weighted by molar-refractivity contribution is 8.32. The third-order valence-corrected chi connectivity index (χ3v) is 10.0. The maximum Gasteiger partial charge on any atom is 0.270 e. The Bertz CT molecular complexity index is 1490. The van der Waals surface area contributed by atoms with Crippen LogP contribution in [0.1, 0.15) is 67.4 Å². The van der Waals surface area contributed by atoms with Crippen molar-refractivity contribution >= 4 is 27.5 Å². The van der Waals surface area contributed by atoms with Crippen LogP contribution in [0.5, 0.6) is 0 Å². The first-order valence-corrected chi connectivity index (χ1v) is 18.6. The lowest BCUT2D eigenvalue weighted by Crippen LogP contribution is -2.50. The molecule has 2 fully saturated rings. The minimum absolute atomic E-state index is 0.00320. The highest BCUT2D eigenvalue weighted by Crippen LogP contribution is 2.51. The van der Waals surface area contributed by atoms with Crippen LogP contribution in [0, 0.1) is 37.4 Å². The zero-order chi connectivity index (χ0) is 31.8. The molecule has 2 aliphatic rings. The number of hydrogen-bond donors (Lipinski definition) is 2. The number of hydrogen-bond acceptors (Lipinski definition) is 5. The maximum atomic E-state index is 15.6. The molecule has 2 N–H and O–H groups in total. The number of carbonyl (C=O) groups excluding carboxylic acids is 2. The molecule has 0 saturated heterocycles. The van der Waals surface area contributed by atoms with Crippen molar-refractivity contribution in [2.24, 2.45) is 17.8 Å². The summed E-state index contributed by atoms with van der Waals surface area (Å²) in [6.07, 6.45) is 12.6. The molecule has 0 spiro atoms. The lowest BCUT2D eigenvalue weighted by atomic mass is 9.88. The van der Waals surface area contributed by atoms with Gasteiger partial charge in [0, 0.05) is 40.5 Å². The van der Waals surface area contributed by atoms with E-state index in [9.17, 15) is 9.59 Å². The molecule has 2 amide bonds. The van der Waals surface area contributed by atoms with Crippen LogP contribution in [0.3, 0.4) is 0 Å². The summed E-state index contributed by atoms with van der Waals surface area (Å²) in [5, 5.41) is 14.9. The lowest BCUT2D eigenvalue weighted by Gasteiger charge is -2.28. The molecule has 11 heteroatoms. The van der Waals surface area contributed by atoms with E-state index in [4.69, 9.17) is 4.74 Å². The van der Waals surface area contributed by atoms with Crippen molar-refractivity contribution in [1.29, 1.82) is 0 Å². The standard InChI is InChI=1S/C33H47FN6O3S/c1-20(2)40-28(14-15-35-40)32(41)37-31(30(23-8-9-23)24-10-11-24)33(42)36-25-12-13-26(27(34)18-25)29-21(3)38-39(22(29)4)19-43-16-17-44(5,6)7/h12-15,18,20,23-24,30-31H,8-11,16-17,19H2,1-7H3,(H,36,42)(H,37,41). The van der Waals surface area contributed by atoms with Crippen molar-refractivity contribution in [3.8, 4) is 11.1 Å². The van der Waals surface area contributed by atoms with Crippen LogP contribution in [0.2, 0.25) is 0 Å². The maximum absolute atomic E-state index is 15.6. The first kappa shape index (κ1) is 32.2. The van der Waals surface area contributed by atoms with Gasteiger partial charge in [-0.2, -0.15) is 10.2 Å². The molecule has 1 aromatic carbocycles. The summed E-state index contributed by atoms with van der Waals surface area (Å²) in [6.45, 7) is 8.66. The number of rotatable bonds is 14. The predicted octanol–water partition coefficient (Wildman–Crippen LogP) is 5.92. The minimum atomic E-state index is -0.719. The smallest absolute Gasteiger partial charge is 0.270 e. The summed E-state index contributed by atoms with van der Waals surface area (Å²) >= 11 is 0. The summed E-state index contributed by atoms with van der Waals surface area (Å²) < 4.78 is 25.0. The van der Waals surface area contributed by atoms with E-state index >= 15 is 4.39 Å². The fraction of sp³-hybridized carbons (Fsp3) is 0.576. The number of ether oxygens (including phenoxy) is 1. The molecule has 0 aliphatic heterocycles. The number of anilines is 1. The Morgan fingerprint density at radius 1 is 1.09 bits per heavy atom. The van der Waals surface area contributed by atoms with Crippen LogP contribution in [-0.4, -0.2) is 68.5 Å². The van der Waals surface area contributed by atoms with Gasteiger partial charge < -0.3 is 15.4 Å². The largest absolute Gasteiger partial charge is 0.358 e. The number of aromatic nitrogens is 4. The molecule has 1 unspecified atom stereocenters. The van der Waals surface area contributed by atoms with E-state index in [0.29, 0.717) is 47.8 Å². The molecular formula is C33H47FN6O3S. The molecule has 1 atom stereocenters. The van der Waals surface area contributed by atoms with E-state index in [1.807, 2.05) is 27.7 Å². The average molecular weight is 627 g/mol. The molecule has 240 valence electrons. The fourth-order valence-corrected chi connectivity index (χ4v) is 6.65. The summed E-state index contributed by atoms with van der Waals surface area (Å²) in [6, 6.07) is 5.70. The topological polar surface area (TPSA) is 103 Å². The van der Waals surface area contributed by atoms with E-state index in [-0.39, 0.29) is 23.8 Å². The van der Waals surface area contributed by atoms with Gasteiger partial charge in [0.05, 0.1) is 12.3 Å². The monoisotopic (exact) mass is 626 g/mol. The normalized spacial score (nSPS) is 16.4. The van der Waals surface area contributed by atoms with Crippen LogP contribution in [-0.2, 0) is 16.3 Å². The van der Waals surface area contributed by atoms with Gasteiger partial charge in [0.2, 0.25) is 5.91 Å². The van der Waals surface area contributed by atoms with Crippen LogP contribution >= 0.6 is 10.0 Å². The number of nitrogens with one attached hydrogen (secondary N) is 2. The summed E-state index contributed by atoms with van der Waals surface area (Å²) in [5.41, 5.74) is 3.45. The van der Waals surface area contributed by atoms with Crippen molar-refractivity contribution in [2.75, 3.05) is 36.4 Å². The predicted molar refractivity (Wildman–Crippen MR) is 175 cm³/mol. The van der Waals surface area contributed by atoms with Gasteiger partial charge in [-0.3, -0.25) is 14.3 Å². The highest BCUT2D eigenvalue weighted by atomic mass is 32.3. The van der Waals surface area contributed by atoms with Gasteiger partial charge in [0.25, 0.3) is 5.91 Å². The summed E-state index contributed by atoms with van der Waals surface area (Å²) in [7, 11) is -0.646. The Morgan fingerprint density at radius 3 is 2.36 bits per heavy atom. The van der Waals surface area contributed by atoms with E-state index in [1.165, 1.54) is 6.07 Å². The Balaban J connectivity index is 1.32. The molecule has 3 aromatic rings. The SMILES string of the molecule is Cc1nn(COCCS(C)(C)C)c(C)c1-c1ccc(NC(=O)C(NC(=O)c2ccnn2C(C)C)C(C2CC2)C2CC2)cc1F. The lowest BCUT2D eigenvalue weighted by molar-refractivity contribution is -0.119. The second kappa shape index (κ2) is 13.0. The molecule has 9 nitrogen and oxygen atoms in total. The van der Waals surface area contributed by atoms with Gasteiger partial charge in [-0.05, 0) is 114 Å². The first-order valence-electron chi connectivity index (χ1n) is 15.6. The van der Waals surface area contributed by atoms with Crippen molar-refractivity contribution in [3.63, 3.8) is 0 Å². The van der Waals surface area contributed by atoms with Gasteiger partial charge in [-0.25, -0.2) is 19.1 Å². The van der Waals surface area contributed by atoms with E-state index in [2.05, 4.69) is 39.6 Å². The fourth-order valence-electron chi connectivity index (χ4n) is 6.04. The number of amides is 2. The summed E-state index contributed by atoms with van der Waals surface area (Å²) in [5.74, 6) is 0.795. The zero-order valence-corrected chi connectivity index (χ0v) is 27.8. The molecule has 0 bridgehead atoms. The van der Waals surface area contributed by atoms with Crippen molar-refractivity contribution < 1.29 is 18.7 Å². The molecule has 5 rings (SSSR count). The van der Waals surface area contributed by atoms with Crippen LogP contribution in [0.4, 0.5) is 10.1 Å². The number of nitrogens with zero attached hydrogens (tertiary/aromatic N) is 4. The third-order valence-electron chi connectivity index (χ3n) is 8.62. The second-order valence-corrected chi connectivity index (χ2v) is 18.1. The molecule has 2 saturated carbocycles. The quantitative estimate of drug-likeness (QED) is 0.216.